The Morgan fingerprint density at radius 1 is 1.50 bits per heavy atom. The average molecular weight is 284 g/mol. The van der Waals surface area contributed by atoms with E-state index in [9.17, 15) is 4.79 Å². The van der Waals surface area contributed by atoms with Gasteiger partial charge in [-0.1, -0.05) is 0 Å². The molecule has 0 radical (unpaired) electrons. The Morgan fingerprint density at radius 2 is 2.38 bits per heavy atom. The van der Waals surface area contributed by atoms with Crippen molar-refractivity contribution >= 4 is 21.8 Å². The van der Waals surface area contributed by atoms with Gasteiger partial charge in [0.05, 0.1) is 6.54 Å². The highest BCUT2D eigenvalue weighted by atomic mass is 79.9. The summed E-state index contributed by atoms with van der Waals surface area (Å²) in [5.41, 5.74) is 1.13. The monoisotopic (exact) mass is 283 g/mol. The summed E-state index contributed by atoms with van der Waals surface area (Å²) in [6.45, 7) is 2.99. The van der Waals surface area contributed by atoms with Crippen LogP contribution in [0.5, 0.6) is 0 Å². The first kappa shape index (κ1) is 11.5. The number of pyridine rings is 1. The van der Waals surface area contributed by atoms with Crippen LogP contribution < -0.4 is 5.32 Å². The molecule has 0 unspecified atom stereocenters. The predicted molar refractivity (Wildman–Crippen MR) is 64.8 cm³/mol. The summed E-state index contributed by atoms with van der Waals surface area (Å²) in [6, 6.07) is 2.04. The first-order valence-corrected chi connectivity index (χ1v) is 6.12. The molecular weight excluding hydrogens is 270 g/mol. The third-order valence-electron chi connectivity index (χ3n) is 2.51. The largest absolute Gasteiger partial charge is 0.355 e. The Labute approximate surface area is 103 Å². The van der Waals surface area contributed by atoms with E-state index in [-0.39, 0.29) is 5.91 Å². The van der Waals surface area contributed by atoms with Crippen LogP contribution in [0.2, 0.25) is 0 Å². The van der Waals surface area contributed by atoms with E-state index >= 15 is 0 Å². The number of nitrogens with zero attached hydrogens (tertiary/aromatic N) is 2. The number of amides is 1. The molecule has 4 nitrogen and oxygen atoms in total. The van der Waals surface area contributed by atoms with Gasteiger partial charge in [0.25, 0.3) is 0 Å². The van der Waals surface area contributed by atoms with Gasteiger partial charge in [0, 0.05) is 36.5 Å². The lowest BCUT2D eigenvalue weighted by Crippen LogP contribution is -2.32. The second kappa shape index (κ2) is 5.41. The van der Waals surface area contributed by atoms with Crippen LogP contribution in [0.1, 0.15) is 12.0 Å². The minimum absolute atomic E-state index is 0.112. The second-order valence-corrected chi connectivity index (χ2v) is 4.84. The van der Waals surface area contributed by atoms with Crippen LogP contribution in [-0.4, -0.2) is 35.4 Å². The fourth-order valence-electron chi connectivity index (χ4n) is 1.80. The van der Waals surface area contributed by atoms with Crippen molar-refractivity contribution in [3.8, 4) is 0 Å². The van der Waals surface area contributed by atoms with E-state index in [1.54, 1.807) is 6.20 Å². The molecule has 1 aromatic heterocycles. The molecule has 0 atom stereocenters. The Hall–Kier alpha value is -0.940. The van der Waals surface area contributed by atoms with E-state index in [0.717, 1.165) is 36.1 Å². The van der Waals surface area contributed by atoms with Gasteiger partial charge in [0.2, 0.25) is 5.91 Å². The third-order valence-corrected chi connectivity index (χ3v) is 2.94. The fourth-order valence-corrected chi connectivity index (χ4v) is 2.22. The topological polar surface area (TPSA) is 45.2 Å². The average Bonchev–Trinajstić information content (AvgIpc) is 2.43. The van der Waals surface area contributed by atoms with E-state index in [1.807, 2.05) is 12.3 Å². The number of carbonyl (C=O) groups is 1. The summed E-state index contributed by atoms with van der Waals surface area (Å²) in [5.74, 6) is 0.112. The Balaban J connectivity index is 2.00. The maximum absolute atomic E-state index is 11.4. The molecular formula is C11H14BrN3O. The van der Waals surface area contributed by atoms with E-state index in [1.165, 1.54) is 0 Å². The molecule has 5 heteroatoms. The van der Waals surface area contributed by atoms with Gasteiger partial charge < -0.3 is 5.32 Å². The number of halogens is 1. The molecule has 0 aromatic carbocycles. The molecule has 1 aliphatic rings. The van der Waals surface area contributed by atoms with Gasteiger partial charge in [-0.05, 0) is 34.0 Å². The zero-order chi connectivity index (χ0) is 11.4. The number of nitrogens with one attached hydrogen (secondary N) is 1. The molecule has 1 amide bonds. The van der Waals surface area contributed by atoms with Crippen LogP contribution in [0.15, 0.2) is 22.9 Å². The Morgan fingerprint density at radius 3 is 3.19 bits per heavy atom. The molecule has 2 heterocycles. The lowest BCUT2D eigenvalue weighted by Gasteiger charge is -2.18. The predicted octanol–water partition coefficient (Wildman–Crippen LogP) is 1.17. The molecule has 1 saturated heterocycles. The van der Waals surface area contributed by atoms with E-state index < -0.39 is 0 Å². The molecule has 86 valence electrons. The molecule has 0 spiro atoms. The van der Waals surface area contributed by atoms with E-state index in [2.05, 4.69) is 31.1 Å². The van der Waals surface area contributed by atoms with Crippen molar-refractivity contribution in [1.29, 1.82) is 0 Å². The van der Waals surface area contributed by atoms with Gasteiger partial charge >= 0.3 is 0 Å². The van der Waals surface area contributed by atoms with Crippen molar-refractivity contribution in [3.05, 3.63) is 28.5 Å². The van der Waals surface area contributed by atoms with Crippen LogP contribution in [0, 0.1) is 0 Å². The van der Waals surface area contributed by atoms with Crippen molar-refractivity contribution < 1.29 is 4.79 Å². The van der Waals surface area contributed by atoms with Crippen molar-refractivity contribution in [1.82, 2.24) is 15.2 Å². The zero-order valence-corrected chi connectivity index (χ0v) is 10.5. The maximum Gasteiger partial charge on any atom is 0.234 e. The van der Waals surface area contributed by atoms with Crippen LogP contribution >= 0.6 is 15.9 Å². The highest BCUT2D eigenvalue weighted by Crippen LogP contribution is 2.12. The molecule has 1 aromatic rings. The van der Waals surface area contributed by atoms with Gasteiger partial charge in [0.15, 0.2) is 0 Å². The number of rotatable bonds is 2. The molecule has 0 saturated carbocycles. The fraction of sp³-hybridized carbons (Fsp3) is 0.455. The van der Waals surface area contributed by atoms with Crippen molar-refractivity contribution in [2.75, 3.05) is 19.6 Å². The molecule has 1 N–H and O–H groups in total. The number of hydrogen-bond donors (Lipinski definition) is 1. The zero-order valence-electron chi connectivity index (χ0n) is 8.95. The van der Waals surface area contributed by atoms with Gasteiger partial charge in [-0.3, -0.25) is 14.7 Å². The normalized spacial score (nSPS) is 17.9. The summed E-state index contributed by atoms with van der Waals surface area (Å²) in [7, 11) is 0. The summed E-state index contributed by atoms with van der Waals surface area (Å²) in [5, 5.41) is 2.87. The van der Waals surface area contributed by atoms with Crippen LogP contribution in [-0.2, 0) is 11.3 Å². The molecule has 1 aliphatic heterocycles. The summed E-state index contributed by atoms with van der Waals surface area (Å²) < 4.78 is 0.976. The maximum atomic E-state index is 11.4. The van der Waals surface area contributed by atoms with Crippen LogP contribution in [0.4, 0.5) is 0 Å². The van der Waals surface area contributed by atoms with Crippen molar-refractivity contribution in [2.24, 2.45) is 0 Å². The van der Waals surface area contributed by atoms with Crippen LogP contribution in [0.25, 0.3) is 0 Å². The molecule has 0 aliphatic carbocycles. The number of hydrogen-bond acceptors (Lipinski definition) is 3. The highest BCUT2D eigenvalue weighted by Gasteiger charge is 2.14. The van der Waals surface area contributed by atoms with Gasteiger partial charge in [-0.2, -0.15) is 0 Å². The minimum Gasteiger partial charge on any atom is -0.355 e. The molecule has 0 bridgehead atoms. The van der Waals surface area contributed by atoms with Crippen LogP contribution in [0.3, 0.4) is 0 Å². The van der Waals surface area contributed by atoms with Crippen molar-refractivity contribution in [3.63, 3.8) is 0 Å². The Kier molecular flexibility index (Phi) is 3.90. The third kappa shape index (κ3) is 3.28. The van der Waals surface area contributed by atoms with Gasteiger partial charge in [0.1, 0.15) is 0 Å². The highest BCUT2D eigenvalue weighted by molar-refractivity contribution is 9.10. The summed E-state index contributed by atoms with van der Waals surface area (Å²) >= 11 is 3.39. The second-order valence-electron chi connectivity index (χ2n) is 3.93. The Bertz CT molecular complexity index is 383. The summed E-state index contributed by atoms with van der Waals surface area (Å²) in [6.07, 6.45) is 4.61. The SMILES string of the molecule is O=C1CN(Cc2cncc(Br)c2)CCCN1. The van der Waals surface area contributed by atoms with E-state index in [0.29, 0.717) is 6.54 Å². The quantitative estimate of drug-likeness (QED) is 0.886. The number of aromatic nitrogens is 1. The smallest absolute Gasteiger partial charge is 0.234 e. The van der Waals surface area contributed by atoms with E-state index in [4.69, 9.17) is 0 Å². The molecule has 16 heavy (non-hydrogen) atoms. The molecule has 2 rings (SSSR count). The number of carbonyl (C=O) groups excluding carboxylic acids is 1. The first-order chi connectivity index (χ1) is 7.74. The first-order valence-electron chi connectivity index (χ1n) is 5.32. The standard InChI is InChI=1S/C11H14BrN3O/c12-10-4-9(5-13-6-10)7-15-3-1-2-14-11(16)8-15/h4-6H,1-3,7-8H2,(H,14,16). The van der Waals surface area contributed by atoms with Crippen molar-refractivity contribution in [2.45, 2.75) is 13.0 Å². The lowest BCUT2D eigenvalue weighted by molar-refractivity contribution is -0.121. The molecule has 1 fully saturated rings. The lowest BCUT2D eigenvalue weighted by atomic mass is 10.2. The summed E-state index contributed by atoms with van der Waals surface area (Å²) in [4.78, 5) is 17.6. The van der Waals surface area contributed by atoms with Gasteiger partial charge in [-0.15, -0.1) is 0 Å². The minimum atomic E-state index is 0.112. The van der Waals surface area contributed by atoms with Gasteiger partial charge in [-0.25, -0.2) is 0 Å².